The fourth-order valence-electron chi connectivity index (χ4n) is 2.70. The van der Waals surface area contributed by atoms with E-state index in [4.69, 9.17) is 0 Å². The van der Waals surface area contributed by atoms with Gasteiger partial charge < -0.3 is 9.88 Å². The summed E-state index contributed by atoms with van der Waals surface area (Å²) in [5.74, 6) is 1.08. The molecule has 0 radical (unpaired) electrons. The molecule has 1 saturated carbocycles. The van der Waals surface area contributed by atoms with E-state index in [2.05, 4.69) is 47.0 Å². The van der Waals surface area contributed by atoms with Crippen molar-refractivity contribution in [3.05, 3.63) is 29.6 Å². The maximum absolute atomic E-state index is 4.55. The molecule has 0 bridgehead atoms. The van der Waals surface area contributed by atoms with E-state index in [0.717, 1.165) is 17.9 Å². The minimum atomic E-state index is 0.390. The normalized spacial score (nSPS) is 17.6. The summed E-state index contributed by atoms with van der Waals surface area (Å²) < 4.78 is 2.17. The highest BCUT2D eigenvalue weighted by atomic mass is 15.0. The third-order valence-electron chi connectivity index (χ3n) is 4.09. The maximum atomic E-state index is 4.55. The summed E-state index contributed by atoms with van der Waals surface area (Å²) >= 11 is 0. The Morgan fingerprint density at radius 1 is 1.41 bits per heavy atom. The predicted octanol–water partition coefficient (Wildman–Crippen LogP) is 2.13. The molecule has 0 amide bonds. The molecule has 1 aliphatic carbocycles. The van der Waals surface area contributed by atoms with Crippen LogP contribution in [0.15, 0.2) is 18.2 Å². The highest BCUT2D eigenvalue weighted by Gasteiger charge is 2.43. The van der Waals surface area contributed by atoms with Crippen LogP contribution in [0.25, 0.3) is 11.0 Å². The highest BCUT2D eigenvalue weighted by Crippen LogP contribution is 2.48. The molecule has 3 rings (SSSR count). The Kier molecular flexibility index (Phi) is 2.26. The zero-order valence-electron chi connectivity index (χ0n) is 10.7. The number of aromatic nitrogens is 2. The van der Waals surface area contributed by atoms with Crippen molar-refractivity contribution < 1.29 is 0 Å². The molecule has 0 spiro atoms. The maximum Gasteiger partial charge on any atom is 0.106 e. The fraction of sp³-hybridized carbons (Fsp3) is 0.500. The number of likely N-dealkylation sites (N-methyl/N-ethyl adjacent to an activating group) is 1. The highest BCUT2D eigenvalue weighted by molar-refractivity contribution is 5.77. The third-order valence-corrected chi connectivity index (χ3v) is 4.09. The van der Waals surface area contributed by atoms with E-state index in [9.17, 15) is 0 Å². The van der Waals surface area contributed by atoms with Gasteiger partial charge in [-0.05, 0) is 44.5 Å². The Hall–Kier alpha value is -1.35. The van der Waals surface area contributed by atoms with Gasteiger partial charge in [0.25, 0.3) is 0 Å². The van der Waals surface area contributed by atoms with Gasteiger partial charge in [0, 0.05) is 19.0 Å². The van der Waals surface area contributed by atoms with Crippen LogP contribution in [-0.4, -0.2) is 23.1 Å². The van der Waals surface area contributed by atoms with Crippen LogP contribution in [0.5, 0.6) is 0 Å². The van der Waals surface area contributed by atoms with Crippen molar-refractivity contribution in [2.45, 2.75) is 25.2 Å². The first-order chi connectivity index (χ1) is 8.16. The van der Waals surface area contributed by atoms with Crippen LogP contribution in [0.1, 0.15) is 24.2 Å². The molecule has 2 aromatic rings. The molecular formula is C14H19N3. The molecule has 1 fully saturated rings. The van der Waals surface area contributed by atoms with Crippen molar-refractivity contribution in [3.63, 3.8) is 0 Å². The Labute approximate surface area is 102 Å². The molecule has 1 aromatic heterocycles. The molecule has 1 aromatic carbocycles. The second-order valence-electron chi connectivity index (χ2n) is 5.23. The summed E-state index contributed by atoms with van der Waals surface area (Å²) in [6, 6.07) is 6.73. The van der Waals surface area contributed by atoms with E-state index in [1.807, 2.05) is 7.05 Å². The average molecular weight is 229 g/mol. The van der Waals surface area contributed by atoms with E-state index in [1.54, 1.807) is 0 Å². The lowest BCUT2D eigenvalue weighted by atomic mass is 9.95. The first-order valence-electron chi connectivity index (χ1n) is 6.24. The van der Waals surface area contributed by atoms with E-state index in [1.165, 1.54) is 23.9 Å². The van der Waals surface area contributed by atoms with Gasteiger partial charge in [-0.3, -0.25) is 0 Å². The van der Waals surface area contributed by atoms with Gasteiger partial charge in [-0.25, -0.2) is 4.98 Å². The number of nitrogens with one attached hydrogen (secondary N) is 1. The molecule has 0 atom stereocenters. The summed E-state index contributed by atoms with van der Waals surface area (Å²) in [5.41, 5.74) is 4.21. The Morgan fingerprint density at radius 2 is 2.18 bits per heavy atom. The third kappa shape index (κ3) is 1.57. The number of fused-ring (bicyclic) bond motifs is 1. The Bertz CT molecular complexity index is 564. The van der Waals surface area contributed by atoms with Crippen LogP contribution in [0.4, 0.5) is 0 Å². The summed E-state index contributed by atoms with van der Waals surface area (Å²) in [5, 5.41) is 3.31. The number of benzene rings is 1. The van der Waals surface area contributed by atoms with Gasteiger partial charge in [0.1, 0.15) is 5.82 Å². The second kappa shape index (κ2) is 3.57. The summed E-state index contributed by atoms with van der Waals surface area (Å²) in [4.78, 5) is 4.55. The summed E-state index contributed by atoms with van der Waals surface area (Å²) in [6.07, 6.45) is 2.60. The van der Waals surface area contributed by atoms with Gasteiger partial charge in [0.05, 0.1) is 11.0 Å². The van der Waals surface area contributed by atoms with Crippen molar-refractivity contribution in [2.75, 3.05) is 13.6 Å². The monoisotopic (exact) mass is 229 g/mol. The minimum Gasteiger partial charge on any atom is -0.331 e. The molecule has 1 heterocycles. The van der Waals surface area contributed by atoms with Crippen molar-refractivity contribution in [1.29, 1.82) is 0 Å². The van der Waals surface area contributed by atoms with Gasteiger partial charge in [-0.15, -0.1) is 0 Å². The Morgan fingerprint density at radius 3 is 2.82 bits per heavy atom. The van der Waals surface area contributed by atoms with Crippen molar-refractivity contribution in [1.82, 2.24) is 14.9 Å². The van der Waals surface area contributed by atoms with Crippen LogP contribution in [0.3, 0.4) is 0 Å². The van der Waals surface area contributed by atoms with Gasteiger partial charge in [0.2, 0.25) is 0 Å². The molecule has 90 valence electrons. The first-order valence-corrected chi connectivity index (χ1v) is 6.24. The largest absolute Gasteiger partial charge is 0.331 e. The number of rotatable bonds is 3. The number of imidazole rings is 1. The number of hydrogen-bond acceptors (Lipinski definition) is 2. The van der Waals surface area contributed by atoms with E-state index < -0.39 is 0 Å². The number of nitrogens with zero attached hydrogens (tertiary/aromatic N) is 2. The van der Waals surface area contributed by atoms with Crippen LogP contribution < -0.4 is 5.32 Å². The van der Waals surface area contributed by atoms with Crippen LogP contribution >= 0.6 is 0 Å². The summed E-state index contributed by atoms with van der Waals surface area (Å²) in [6.45, 7) is 3.13. The zero-order valence-corrected chi connectivity index (χ0v) is 10.7. The fourth-order valence-corrected chi connectivity index (χ4v) is 2.70. The van der Waals surface area contributed by atoms with Crippen molar-refractivity contribution in [3.8, 4) is 0 Å². The van der Waals surface area contributed by atoms with Crippen LogP contribution in [0.2, 0.25) is 0 Å². The predicted molar refractivity (Wildman–Crippen MR) is 70.3 cm³/mol. The zero-order chi connectivity index (χ0) is 12.0. The Balaban J connectivity index is 2.10. The standard InChI is InChI=1S/C14H19N3/c1-10-16-12-5-4-11(8-13(12)17(10)3)14(6-7-14)9-15-2/h4-5,8,15H,6-7,9H2,1-3H3. The molecule has 0 saturated heterocycles. The lowest BCUT2D eigenvalue weighted by Crippen LogP contribution is -2.23. The number of aryl methyl sites for hydroxylation is 2. The molecule has 1 N–H and O–H groups in total. The topological polar surface area (TPSA) is 29.9 Å². The molecule has 3 heteroatoms. The van der Waals surface area contributed by atoms with Gasteiger partial charge in [-0.2, -0.15) is 0 Å². The quantitative estimate of drug-likeness (QED) is 0.874. The average Bonchev–Trinajstić information content (AvgIpc) is 3.04. The van der Waals surface area contributed by atoms with E-state index in [0.29, 0.717) is 5.41 Å². The molecule has 0 aliphatic heterocycles. The summed E-state index contributed by atoms with van der Waals surface area (Å²) in [7, 11) is 4.12. The van der Waals surface area contributed by atoms with Crippen molar-refractivity contribution >= 4 is 11.0 Å². The smallest absolute Gasteiger partial charge is 0.106 e. The van der Waals surface area contributed by atoms with Gasteiger partial charge >= 0.3 is 0 Å². The second-order valence-corrected chi connectivity index (χ2v) is 5.23. The minimum absolute atomic E-state index is 0.390. The van der Waals surface area contributed by atoms with Crippen molar-refractivity contribution in [2.24, 2.45) is 7.05 Å². The van der Waals surface area contributed by atoms with Gasteiger partial charge in [0.15, 0.2) is 0 Å². The molecule has 17 heavy (non-hydrogen) atoms. The first kappa shape index (κ1) is 10.8. The van der Waals surface area contributed by atoms with E-state index >= 15 is 0 Å². The molecular weight excluding hydrogens is 210 g/mol. The number of hydrogen-bond donors (Lipinski definition) is 1. The SMILES string of the molecule is CNCC1(c2ccc3nc(C)n(C)c3c2)CC1. The lowest BCUT2D eigenvalue weighted by Gasteiger charge is -2.15. The van der Waals surface area contributed by atoms with Gasteiger partial charge in [-0.1, -0.05) is 6.07 Å². The molecule has 0 unspecified atom stereocenters. The lowest BCUT2D eigenvalue weighted by molar-refractivity contribution is 0.625. The molecule has 3 nitrogen and oxygen atoms in total. The van der Waals surface area contributed by atoms with E-state index in [-0.39, 0.29) is 0 Å². The van der Waals surface area contributed by atoms with Crippen LogP contribution in [0, 0.1) is 6.92 Å². The van der Waals surface area contributed by atoms with Crippen LogP contribution in [-0.2, 0) is 12.5 Å². The molecule has 1 aliphatic rings.